The zero-order valence-electron chi connectivity index (χ0n) is 13.6. The van der Waals surface area contributed by atoms with Crippen LogP contribution >= 0.6 is 0 Å². The van der Waals surface area contributed by atoms with Gasteiger partial charge in [-0.1, -0.05) is 19.8 Å². The Morgan fingerprint density at radius 2 is 2.05 bits per heavy atom. The van der Waals surface area contributed by atoms with Crippen molar-refractivity contribution in [3.05, 3.63) is 0 Å². The first-order valence-corrected chi connectivity index (χ1v) is 8.60. The summed E-state index contributed by atoms with van der Waals surface area (Å²) >= 11 is 0. The lowest BCUT2D eigenvalue weighted by molar-refractivity contribution is -0.139. The molecule has 0 aromatic rings. The molecule has 2 rings (SSSR count). The largest absolute Gasteiger partial charge is 0.378 e. The van der Waals surface area contributed by atoms with Crippen molar-refractivity contribution in [1.82, 2.24) is 15.5 Å². The molecular weight excluding hydrogens is 282 g/mol. The first kappa shape index (κ1) is 17.2. The van der Waals surface area contributed by atoms with E-state index in [0.717, 1.165) is 45.2 Å². The molecule has 0 aromatic carbocycles. The molecule has 0 saturated carbocycles. The number of morpholine rings is 1. The lowest BCUT2D eigenvalue weighted by Gasteiger charge is -2.35. The fraction of sp³-hybridized carbons (Fsp3) is 0.875. The fourth-order valence-corrected chi connectivity index (χ4v) is 3.04. The van der Waals surface area contributed by atoms with Crippen molar-refractivity contribution in [1.29, 1.82) is 0 Å². The van der Waals surface area contributed by atoms with Crippen LogP contribution < -0.4 is 10.6 Å². The zero-order valence-corrected chi connectivity index (χ0v) is 13.6. The van der Waals surface area contributed by atoms with Gasteiger partial charge in [-0.15, -0.1) is 0 Å². The second-order valence-corrected chi connectivity index (χ2v) is 6.18. The minimum absolute atomic E-state index is 0.0567. The van der Waals surface area contributed by atoms with E-state index in [9.17, 15) is 9.59 Å². The monoisotopic (exact) mass is 311 g/mol. The van der Waals surface area contributed by atoms with Crippen molar-refractivity contribution < 1.29 is 14.3 Å². The van der Waals surface area contributed by atoms with Crippen LogP contribution in [-0.4, -0.2) is 62.1 Å². The Morgan fingerprint density at radius 3 is 2.68 bits per heavy atom. The predicted octanol–water partition coefficient (Wildman–Crippen LogP) is 0.520. The number of carbonyl (C=O) groups is 2. The summed E-state index contributed by atoms with van der Waals surface area (Å²) in [4.78, 5) is 26.3. The van der Waals surface area contributed by atoms with E-state index in [0.29, 0.717) is 26.3 Å². The quantitative estimate of drug-likeness (QED) is 0.702. The summed E-state index contributed by atoms with van der Waals surface area (Å²) in [5.74, 6) is 0.324. The van der Waals surface area contributed by atoms with Gasteiger partial charge in [0.15, 0.2) is 0 Å². The molecule has 0 aliphatic carbocycles. The molecule has 6 heteroatoms. The van der Waals surface area contributed by atoms with Crippen molar-refractivity contribution in [2.45, 2.75) is 45.1 Å². The van der Waals surface area contributed by atoms with Gasteiger partial charge in [0, 0.05) is 32.1 Å². The SMILES string of the molecule is CCCCCNC(=O)C1CCN(C(=O)C2COCCN2)CC1. The Bertz CT molecular complexity index is 362. The number of nitrogens with one attached hydrogen (secondary N) is 2. The van der Waals surface area contributed by atoms with E-state index in [1.54, 1.807) is 0 Å². The van der Waals surface area contributed by atoms with E-state index >= 15 is 0 Å². The van der Waals surface area contributed by atoms with E-state index in [-0.39, 0.29) is 23.8 Å². The molecule has 2 aliphatic heterocycles. The summed E-state index contributed by atoms with van der Waals surface area (Å²) in [5.41, 5.74) is 0. The van der Waals surface area contributed by atoms with Crippen LogP contribution in [0.3, 0.4) is 0 Å². The third-order valence-electron chi connectivity index (χ3n) is 4.48. The lowest BCUT2D eigenvalue weighted by atomic mass is 9.95. The van der Waals surface area contributed by atoms with Crippen molar-refractivity contribution in [3.63, 3.8) is 0 Å². The molecule has 0 spiro atoms. The van der Waals surface area contributed by atoms with Crippen LogP contribution in [0, 0.1) is 5.92 Å². The van der Waals surface area contributed by atoms with Crippen LogP contribution in [0.15, 0.2) is 0 Å². The van der Waals surface area contributed by atoms with Crippen molar-refractivity contribution >= 4 is 11.8 Å². The summed E-state index contributed by atoms with van der Waals surface area (Å²) in [6, 6.07) is -0.215. The normalized spacial score (nSPS) is 23.3. The fourth-order valence-electron chi connectivity index (χ4n) is 3.04. The zero-order chi connectivity index (χ0) is 15.8. The van der Waals surface area contributed by atoms with Gasteiger partial charge in [-0.3, -0.25) is 9.59 Å². The van der Waals surface area contributed by atoms with E-state index in [1.165, 1.54) is 0 Å². The Labute approximate surface area is 132 Å². The maximum atomic E-state index is 12.4. The Morgan fingerprint density at radius 1 is 1.27 bits per heavy atom. The molecule has 2 saturated heterocycles. The number of likely N-dealkylation sites (tertiary alicyclic amines) is 1. The second kappa shape index (κ2) is 9.10. The van der Waals surface area contributed by atoms with Gasteiger partial charge in [-0.25, -0.2) is 0 Å². The highest BCUT2D eigenvalue weighted by Gasteiger charge is 2.31. The molecule has 2 N–H and O–H groups in total. The highest BCUT2D eigenvalue weighted by atomic mass is 16.5. The molecule has 2 fully saturated rings. The number of ether oxygens (including phenoxy) is 1. The Hall–Kier alpha value is -1.14. The number of piperidine rings is 1. The van der Waals surface area contributed by atoms with Gasteiger partial charge in [-0.2, -0.15) is 0 Å². The average molecular weight is 311 g/mol. The van der Waals surface area contributed by atoms with Gasteiger partial charge >= 0.3 is 0 Å². The smallest absolute Gasteiger partial charge is 0.242 e. The van der Waals surface area contributed by atoms with Crippen LogP contribution in [0.25, 0.3) is 0 Å². The van der Waals surface area contributed by atoms with Crippen LogP contribution in [0.5, 0.6) is 0 Å². The number of hydrogen-bond acceptors (Lipinski definition) is 4. The van der Waals surface area contributed by atoms with Gasteiger partial charge in [0.05, 0.1) is 13.2 Å². The minimum Gasteiger partial charge on any atom is -0.378 e. The van der Waals surface area contributed by atoms with Crippen molar-refractivity contribution in [3.8, 4) is 0 Å². The maximum absolute atomic E-state index is 12.4. The van der Waals surface area contributed by atoms with E-state index in [2.05, 4.69) is 17.6 Å². The highest BCUT2D eigenvalue weighted by Crippen LogP contribution is 2.18. The van der Waals surface area contributed by atoms with Gasteiger partial charge in [0.2, 0.25) is 11.8 Å². The Balaban J connectivity index is 1.68. The highest BCUT2D eigenvalue weighted by molar-refractivity contribution is 5.83. The molecule has 0 aromatic heterocycles. The van der Waals surface area contributed by atoms with E-state index in [4.69, 9.17) is 4.74 Å². The van der Waals surface area contributed by atoms with Crippen molar-refractivity contribution in [2.24, 2.45) is 5.92 Å². The minimum atomic E-state index is -0.215. The number of nitrogens with zero attached hydrogens (tertiary/aromatic N) is 1. The predicted molar refractivity (Wildman–Crippen MR) is 84.4 cm³/mol. The molecule has 6 nitrogen and oxygen atoms in total. The molecule has 2 heterocycles. The number of carbonyl (C=O) groups excluding carboxylic acids is 2. The molecule has 2 amide bonds. The topological polar surface area (TPSA) is 70.7 Å². The van der Waals surface area contributed by atoms with Gasteiger partial charge in [0.25, 0.3) is 0 Å². The molecule has 1 atom stereocenters. The first-order valence-electron chi connectivity index (χ1n) is 8.60. The summed E-state index contributed by atoms with van der Waals surface area (Å²) in [7, 11) is 0. The van der Waals surface area contributed by atoms with Gasteiger partial charge in [-0.05, 0) is 19.3 Å². The molecule has 22 heavy (non-hydrogen) atoms. The molecule has 1 unspecified atom stereocenters. The van der Waals surface area contributed by atoms with Crippen LogP contribution in [0.4, 0.5) is 0 Å². The van der Waals surface area contributed by atoms with Gasteiger partial charge < -0.3 is 20.3 Å². The average Bonchev–Trinajstić information content (AvgIpc) is 2.59. The summed E-state index contributed by atoms with van der Waals surface area (Å²) < 4.78 is 5.34. The molecule has 2 aliphatic rings. The van der Waals surface area contributed by atoms with Gasteiger partial charge in [0.1, 0.15) is 6.04 Å². The second-order valence-electron chi connectivity index (χ2n) is 6.18. The Kier molecular flexibility index (Phi) is 7.12. The summed E-state index contributed by atoms with van der Waals surface area (Å²) in [6.45, 7) is 6.12. The van der Waals surface area contributed by atoms with E-state index < -0.39 is 0 Å². The number of hydrogen-bond donors (Lipinski definition) is 2. The van der Waals surface area contributed by atoms with Crippen LogP contribution in [0.2, 0.25) is 0 Å². The summed E-state index contributed by atoms with van der Waals surface area (Å²) in [6.07, 6.45) is 4.89. The molecule has 0 radical (unpaired) electrons. The first-order chi connectivity index (χ1) is 10.7. The van der Waals surface area contributed by atoms with Crippen molar-refractivity contribution in [2.75, 3.05) is 39.4 Å². The third-order valence-corrected chi connectivity index (χ3v) is 4.48. The van der Waals surface area contributed by atoms with Crippen LogP contribution in [0.1, 0.15) is 39.0 Å². The standard InChI is InChI=1S/C16H29N3O3/c1-2-3-4-7-18-15(20)13-5-9-19(10-6-13)16(21)14-12-22-11-8-17-14/h13-14,17H,2-12H2,1H3,(H,18,20). The third kappa shape index (κ3) is 4.95. The number of rotatable bonds is 6. The lowest BCUT2D eigenvalue weighted by Crippen LogP contribution is -2.54. The summed E-state index contributed by atoms with van der Waals surface area (Å²) in [5, 5.41) is 6.21. The number of amides is 2. The van der Waals surface area contributed by atoms with Crippen LogP contribution in [-0.2, 0) is 14.3 Å². The molecule has 0 bridgehead atoms. The molecule has 126 valence electrons. The van der Waals surface area contributed by atoms with E-state index in [1.807, 2.05) is 4.90 Å². The molecular formula is C16H29N3O3. The maximum Gasteiger partial charge on any atom is 0.242 e. The number of unbranched alkanes of at least 4 members (excludes halogenated alkanes) is 2.